The Labute approximate surface area is 153 Å². The monoisotopic (exact) mass is 360 g/mol. The molecule has 5 nitrogen and oxygen atoms in total. The first kappa shape index (κ1) is 19.1. The number of likely N-dealkylation sites (N-methyl/N-ethyl adjacent to an activating group) is 1. The average Bonchev–Trinajstić information content (AvgIpc) is 3.12. The molecule has 0 fully saturated rings. The van der Waals surface area contributed by atoms with E-state index in [0.717, 1.165) is 27.4 Å². The van der Waals surface area contributed by atoms with Crippen LogP contribution in [0.15, 0.2) is 41.8 Å². The Balaban J connectivity index is 1.73. The summed E-state index contributed by atoms with van der Waals surface area (Å²) in [4.78, 5) is 26.3. The van der Waals surface area contributed by atoms with E-state index in [1.54, 1.807) is 11.3 Å². The molecule has 3 N–H and O–H groups in total. The van der Waals surface area contributed by atoms with Gasteiger partial charge in [-0.3, -0.25) is 9.59 Å². The molecule has 1 aromatic heterocycles. The van der Waals surface area contributed by atoms with E-state index in [9.17, 15) is 9.59 Å². The van der Waals surface area contributed by atoms with E-state index in [4.69, 9.17) is 0 Å². The summed E-state index contributed by atoms with van der Waals surface area (Å²) in [6.45, 7) is 6.41. The molecule has 1 atom stereocenters. The Morgan fingerprint density at radius 1 is 1.00 bits per heavy atom. The van der Waals surface area contributed by atoms with Crippen LogP contribution in [0.25, 0.3) is 0 Å². The number of amides is 2. The topological polar surface area (TPSA) is 62.6 Å². The van der Waals surface area contributed by atoms with Crippen molar-refractivity contribution in [1.82, 2.24) is 10.6 Å². The first-order chi connectivity index (χ1) is 12.1. The Hall–Kier alpha value is -2.18. The maximum Gasteiger partial charge on any atom is 0.275 e. The maximum absolute atomic E-state index is 12.2. The molecular formula is C19H26N3O2S+. The third-order valence-corrected chi connectivity index (χ3v) is 4.97. The molecule has 2 aromatic rings. The number of thiophene rings is 1. The highest BCUT2D eigenvalue weighted by molar-refractivity contribution is 7.09. The zero-order chi connectivity index (χ0) is 18.1. The predicted octanol–water partition coefficient (Wildman–Crippen LogP) is 0.894. The summed E-state index contributed by atoms with van der Waals surface area (Å²) in [7, 11) is 0. The van der Waals surface area contributed by atoms with Gasteiger partial charge in [-0.1, -0.05) is 30.3 Å². The van der Waals surface area contributed by atoms with Crippen LogP contribution in [0.3, 0.4) is 0 Å². The van der Waals surface area contributed by atoms with Gasteiger partial charge in [-0.2, -0.15) is 0 Å². The molecule has 0 aliphatic rings. The average molecular weight is 361 g/mol. The number of benzene rings is 1. The SMILES string of the molecule is CC[NH+](CC(=O)NCc1cccs1)CC(=O)NCc1ccccc1C. The van der Waals surface area contributed by atoms with Gasteiger partial charge >= 0.3 is 0 Å². The minimum absolute atomic E-state index is 0.0306. The molecule has 25 heavy (non-hydrogen) atoms. The van der Waals surface area contributed by atoms with E-state index >= 15 is 0 Å². The zero-order valence-electron chi connectivity index (χ0n) is 14.8. The summed E-state index contributed by atoms with van der Waals surface area (Å²) >= 11 is 1.62. The third-order valence-electron chi connectivity index (χ3n) is 4.10. The highest BCUT2D eigenvalue weighted by Gasteiger charge is 2.16. The second-order valence-corrected chi connectivity index (χ2v) is 7.05. The number of hydrogen-bond acceptors (Lipinski definition) is 3. The largest absolute Gasteiger partial charge is 0.347 e. The molecule has 0 aliphatic heterocycles. The molecule has 1 aromatic carbocycles. The van der Waals surface area contributed by atoms with E-state index in [1.807, 2.05) is 55.6 Å². The lowest BCUT2D eigenvalue weighted by Crippen LogP contribution is -3.14. The molecule has 0 aliphatic carbocycles. The van der Waals surface area contributed by atoms with Crippen molar-refractivity contribution in [2.75, 3.05) is 19.6 Å². The fourth-order valence-corrected chi connectivity index (χ4v) is 3.14. The predicted molar refractivity (Wildman–Crippen MR) is 100 cm³/mol. The van der Waals surface area contributed by atoms with E-state index in [0.29, 0.717) is 26.2 Å². The quantitative estimate of drug-likeness (QED) is 0.622. The third kappa shape index (κ3) is 6.68. The van der Waals surface area contributed by atoms with Gasteiger partial charge in [0.2, 0.25) is 0 Å². The van der Waals surface area contributed by atoms with Crippen LogP contribution in [0, 0.1) is 6.92 Å². The fourth-order valence-electron chi connectivity index (χ4n) is 2.49. The summed E-state index contributed by atoms with van der Waals surface area (Å²) in [6.07, 6.45) is 0. The summed E-state index contributed by atoms with van der Waals surface area (Å²) in [5.74, 6) is -0.0666. The van der Waals surface area contributed by atoms with Gasteiger partial charge in [0, 0.05) is 11.4 Å². The number of hydrogen-bond donors (Lipinski definition) is 3. The minimum Gasteiger partial charge on any atom is -0.347 e. The summed E-state index contributed by atoms with van der Waals surface area (Å²) in [5.41, 5.74) is 2.28. The highest BCUT2D eigenvalue weighted by Crippen LogP contribution is 2.07. The molecule has 2 rings (SSSR count). The van der Waals surface area contributed by atoms with Crippen LogP contribution in [-0.4, -0.2) is 31.4 Å². The van der Waals surface area contributed by atoms with Crippen LogP contribution in [-0.2, 0) is 22.7 Å². The molecule has 0 radical (unpaired) electrons. The van der Waals surface area contributed by atoms with Crippen molar-refractivity contribution in [1.29, 1.82) is 0 Å². The first-order valence-electron chi connectivity index (χ1n) is 8.52. The molecule has 0 saturated carbocycles. The van der Waals surface area contributed by atoms with Gasteiger partial charge in [0.1, 0.15) is 0 Å². The zero-order valence-corrected chi connectivity index (χ0v) is 15.6. The van der Waals surface area contributed by atoms with Gasteiger partial charge < -0.3 is 15.5 Å². The lowest BCUT2D eigenvalue weighted by atomic mass is 10.1. The highest BCUT2D eigenvalue weighted by atomic mass is 32.1. The van der Waals surface area contributed by atoms with Gasteiger partial charge in [-0.15, -0.1) is 11.3 Å². The van der Waals surface area contributed by atoms with E-state index in [2.05, 4.69) is 10.6 Å². The number of quaternary nitrogens is 1. The van der Waals surface area contributed by atoms with Crippen molar-refractivity contribution < 1.29 is 14.5 Å². The molecule has 0 bridgehead atoms. The molecule has 6 heteroatoms. The second kappa shape index (κ2) is 9.96. The van der Waals surface area contributed by atoms with Crippen molar-refractivity contribution in [2.45, 2.75) is 26.9 Å². The number of nitrogens with one attached hydrogen (secondary N) is 3. The minimum atomic E-state index is -0.0360. The van der Waals surface area contributed by atoms with Gasteiger partial charge in [0.25, 0.3) is 11.8 Å². The van der Waals surface area contributed by atoms with Crippen molar-refractivity contribution in [2.24, 2.45) is 0 Å². The van der Waals surface area contributed by atoms with E-state index in [-0.39, 0.29) is 11.8 Å². The van der Waals surface area contributed by atoms with Crippen molar-refractivity contribution >= 4 is 23.2 Å². The number of carbonyl (C=O) groups is 2. The van der Waals surface area contributed by atoms with Gasteiger partial charge in [0.15, 0.2) is 13.1 Å². The van der Waals surface area contributed by atoms with E-state index in [1.165, 1.54) is 0 Å². The Bertz CT molecular complexity index is 686. The summed E-state index contributed by atoms with van der Waals surface area (Å²) in [6, 6.07) is 12.0. The number of carbonyl (C=O) groups excluding carboxylic acids is 2. The van der Waals surface area contributed by atoms with Crippen LogP contribution in [0.1, 0.15) is 22.9 Å². The van der Waals surface area contributed by atoms with Crippen molar-refractivity contribution in [3.63, 3.8) is 0 Å². The van der Waals surface area contributed by atoms with Crippen LogP contribution in [0.5, 0.6) is 0 Å². The number of aryl methyl sites for hydroxylation is 1. The van der Waals surface area contributed by atoms with Crippen LogP contribution in [0.2, 0.25) is 0 Å². The smallest absolute Gasteiger partial charge is 0.275 e. The molecule has 0 saturated heterocycles. The Morgan fingerprint density at radius 3 is 2.28 bits per heavy atom. The number of rotatable bonds is 9. The molecule has 134 valence electrons. The molecule has 2 amide bonds. The second-order valence-electron chi connectivity index (χ2n) is 6.02. The van der Waals surface area contributed by atoms with Crippen LogP contribution in [0.4, 0.5) is 0 Å². The molecule has 0 spiro atoms. The van der Waals surface area contributed by atoms with Crippen LogP contribution >= 0.6 is 11.3 Å². The lowest BCUT2D eigenvalue weighted by molar-refractivity contribution is -0.881. The Kier molecular flexibility index (Phi) is 7.63. The lowest BCUT2D eigenvalue weighted by Gasteiger charge is -2.17. The fraction of sp³-hybridized carbons (Fsp3) is 0.368. The molecule has 1 unspecified atom stereocenters. The molecular weight excluding hydrogens is 334 g/mol. The van der Waals surface area contributed by atoms with Crippen LogP contribution < -0.4 is 15.5 Å². The van der Waals surface area contributed by atoms with Gasteiger partial charge in [-0.05, 0) is 36.4 Å². The normalized spacial score (nSPS) is 11.8. The van der Waals surface area contributed by atoms with Crippen molar-refractivity contribution in [3.05, 3.63) is 57.8 Å². The van der Waals surface area contributed by atoms with Crippen molar-refractivity contribution in [3.8, 4) is 0 Å². The molecule has 1 heterocycles. The Morgan fingerprint density at radius 2 is 1.68 bits per heavy atom. The van der Waals surface area contributed by atoms with Gasteiger partial charge in [0.05, 0.1) is 13.1 Å². The summed E-state index contributed by atoms with van der Waals surface area (Å²) < 4.78 is 0. The maximum atomic E-state index is 12.2. The summed E-state index contributed by atoms with van der Waals surface area (Å²) in [5, 5.41) is 7.84. The van der Waals surface area contributed by atoms with Gasteiger partial charge in [-0.25, -0.2) is 0 Å². The standard InChI is InChI=1S/C19H25N3O2S/c1-3-22(14-19(24)21-12-17-9-6-10-25-17)13-18(23)20-11-16-8-5-4-7-15(16)2/h4-10H,3,11-14H2,1-2H3,(H,20,23)(H,21,24)/p+1. The van der Waals surface area contributed by atoms with E-state index < -0.39 is 0 Å². The first-order valence-corrected chi connectivity index (χ1v) is 9.40.